The number of hydrogen-bond donors (Lipinski definition) is 2. The largest absolute Gasteiger partial charge is 0.444 e. The molecule has 0 heterocycles. The number of carbonyl (C=O) groups is 3. The number of nitrogens with one attached hydrogen (secondary N) is 2. The molecule has 0 aromatic heterocycles. The van der Waals surface area contributed by atoms with Crippen molar-refractivity contribution in [1.29, 1.82) is 0 Å². The molecule has 1 saturated carbocycles. The van der Waals surface area contributed by atoms with Gasteiger partial charge < -0.3 is 20.3 Å². The molecular weight excluding hydrogens is 526 g/mol. The van der Waals surface area contributed by atoms with Crippen molar-refractivity contribution < 1.29 is 19.1 Å². The van der Waals surface area contributed by atoms with Crippen LogP contribution in [-0.2, 0) is 14.3 Å². The quantitative estimate of drug-likeness (QED) is 0.340. The molecule has 3 amide bonds. The summed E-state index contributed by atoms with van der Waals surface area (Å²) in [5, 5.41) is 6.13. The molecule has 2 N–H and O–H groups in total. The molecule has 1 aliphatic rings. The van der Waals surface area contributed by atoms with E-state index in [9.17, 15) is 14.4 Å². The fraction of sp³-hybridized carbons (Fsp3) is 0.469. The van der Waals surface area contributed by atoms with Gasteiger partial charge in [-0.1, -0.05) is 68.6 Å². The Morgan fingerprint density at radius 2 is 1.80 bits per heavy atom. The van der Waals surface area contributed by atoms with Crippen LogP contribution in [0.25, 0.3) is 0 Å². The standard InChI is InChI=1S/C32H40ClN3O4/c1-9-22-14-10-11-15-23(22)28(29(37)35-27-20(4)13-12-16-24(27)33)36(26-18-21(26)5)30(38)25(17-19(2)3)34-31(39)40-32(6,7)8/h1,10-16,19,21,25-26,28H,17-18H2,2-8H3,(H,34,39)(H,35,37). The van der Waals surface area contributed by atoms with E-state index in [1.165, 1.54) is 0 Å². The molecule has 0 spiro atoms. The zero-order valence-electron chi connectivity index (χ0n) is 24.4. The Bertz CT molecular complexity index is 1270. The molecule has 40 heavy (non-hydrogen) atoms. The molecule has 4 atom stereocenters. The van der Waals surface area contributed by atoms with Crippen LogP contribution in [0.4, 0.5) is 10.5 Å². The van der Waals surface area contributed by atoms with E-state index in [0.29, 0.717) is 28.3 Å². The predicted molar refractivity (Wildman–Crippen MR) is 159 cm³/mol. The minimum absolute atomic E-state index is 0.0819. The van der Waals surface area contributed by atoms with Crippen molar-refractivity contribution in [3.05, 3.63) is 64.2 Å². The first kappa shape index (κ1) is 31.0. The van der Waals surface area contributed by atoms with Crippen LogP contribution in [0.15, 0.2) is 42.5 Å². The zero-order valence-corrected chi connectivity index (χ0v) is 25.1. The Labute approximate surface area is 243 Å². The third kappa shape index (κ3) is 7.79. The SMILES string of the molecule is C#Cc1ccccc1C(C(=O)Nc1c(C)cccc1Cl)N(C(=O)C(CC(C)C)NC(=O)OC(C)(C)C)C1CC1C. The maximum atomic E-state index is 14.4. The molecule has 8 heteroatoms. The van der Waals surface area contributed by atoms with Gasteiger partial charge in [0.15, 0.2) is 0 Å². The summed E-state index contributed by atoms with van der Waals surface area (Å²) in [6, 6.07) is 10.3. The summed E-state index contributed by atoms with van der Waals surface area (Å²) in [6.45, 7) is 13.1. The van der Waals surface area contributed by atoms with Crippen LogP contribution in [0.5, 0.6) is 0 Å². The van der Waals surface area contributed by atoms with Gasteiger partial charge in [-0.15, -0.1) is 6.42 Å². The van der Waals surface area contributed by atoms with Gasteiger partial charge in [0.2, 0.25) is 5.91 Å². The van der Waals surface area contributed by atoms with E-state index >= 15 is 0 Å². The minimum Gasteiger partial charge on any atom is -0.444 e. The number of carbonyl (C=O) groups excluding carboxylic acids is 3. The molecule has 0 bridgehead atoms. The van der Waals surface area contributed by atoms with Crippen LogP contribution in [0.3, 0.4) is 0 Å². The fourth-order valence-corrected chi connectivity index (χ4v) is 5.03. The van der Waals surface area contributed by atoms with Gasteiger partial charge in [0.05, 0.1) is 10.7 Å². The first-order valence-electron chi connectivity index (χ1n) is 13.7. The van der Waals surface area contributed by atoms with Crippen molar-refractivity contribution in [2.45, 2.75) is 85.0 Å². The van der Waals surface area contributed by atoms with Crippen molar-refractivity contribution >= 4 is 35.2 Å². The number of ether oxygens (including phenoxy) is 1. The molecule has 0 saturated heterocycles. The van der Waals surface area contributed by atoms with Gasteiger partial charge in [-0.2, -0.15) is 0 Å². The van der Waals surface area contributed by atoms with E-state index in [2.05, 4.69) is 16.6 Å². The summed E-state index contributed by atoms with van der Waals surface area (Å²) < 4.78 is 5.47. The van der Waals surface area contributed by atoms with Gasteiger partial charge in [0, 0.05) is 11.6 Å². The first-order valence-corrected chi connectivity index (χ1v) is 14.0. The number of nitrogens with zero attached hydrogens (tertiary/aromatic N) is 1. The Kier molecular flexibility index (Phi) is 9.92. The Balaban J connectivity index is 2.10. The third-order valence-electron chi connectivity index (χ3n) is 6.78. The Hall–Kier alpha value is -3.50. The van der Waals surface area contributed by atoms with Gasteiger partial charge in [0.25, 0.3) is 5.91 Å². The second kappa shape index (κ2) is 12.8. The Morgan fingerprint density at radius 1 is 1.15 bits per heavy atom. The fourth-order valence-electron chi connectivity index (χ4n) is 4.76. The van der Waals surface area contributed by atoms with Crippen molar-refractivity contribution in [2.24, 2.45) is 11.8 Å². The average Bonchev–Trinajstić information content (AvgIpc) is 3.58. The highest BCUT2D eigenvalue weighted by molar-refractivity contribution is 6.34. The number of alkyl carbamates (subject to hydrolysis) is 1. The first-order chi connectivity index (χ1) is 18.7. The molecule has 2 aromatic carbocycles. The van der Waals surface area contributed by atoms with Gasteiger partial charge in [-0.25, -0.2) is 4.79 Å². The smallest absolute Gasteiger partial charge is 0.408 e. The highest BCUT2D eigenvalue weighted by Crippen LogP contribution is 2.42. The number of halogens is 1. The van der Waals surface area contributed by atoms with Gasteiger partial charge in [0.1, 0.15) is 17.7 Å². The average molecular weight is 566 g/mol. The molecular formula is C32H40ClN3O4. The lowest BCUT2D eigenvalue weighted by atomic mass is 9.95. The number of terminal acetylenes is 1. The number of para-hydroxylation sites is 1. The minimum atomic E-state index is -1.06. The lowest BCUT2D eigenvalue weighted by Gasteiger charge is -2.36. The van der Waals surface area contributed by atoms with Crippen molar-refractivity contribution in [3.63, 3.8) is 0 Å². The van der Waals surface area contributed by atoms with E-state index in [-0.39, 0.29) is 23.8 Å². The number of aryl methyl sites for hydroxylation is 1. The van der Waals surface area contributed by atoms with Crippen LogP contribution in [0, 0.1) is 31.1 Å². The molecule has 214 valence electrons. The lowest BCUT2D eigenvalue weighted by Crippen LogP contribution is -2.54. The van der Waals surface area contributed by atoms with Crippen LogP contribution < -0.4 is 10.6 Å². The summed E-state index contributed by atoms with van der Waals surface area (Å²) in [4.78, 5) is 43.0. The molecule has 4 unspecified atom stereocenters. The van der Waals surface area contributed by atoms with E-state index < -0.39 is 29.7 Å². The van der Waals surface area contributed by atoms with Crippen molar-refractivity contribution in [2.75, 3.05) is 5.32 Å². The van der Waals surface area contributed by atoms with Crippen LogP contribution in [0.2, 0.25) is 5.02 Å². The number of benzene rings is 2. The molecule has 0 radical (unpaired) electrons. The molecule has 0 aliphatic heterocycles. The monoisotopic (exact) mass is 565 g/mol. The topological polar surface area (TPSA) is 87.7 Å². The normalized spacial score (nSPS) is 17.8. The molecule has 1 fully saturated rings. The summed E-state index contributed by atoms with van der Waals surface area (Å²) in [6.07, 6.45) is 6.25. The summed E-state index contributed by atoms with van der Waals surface area (Å²) in [7, 11) is 0. The molecule has 1 aliphatic carbocycles. The van der Waals surface area contributed by atoms with E-state index in [1.807, 2.05) is 33.8 Å². The van der Waals surface area contributed by atoms with Gasteiger partial charge in [-0.3, -0.25) is 9.59 Å². The maximum absolute atomic E-state index is 14.4. The van der Waals surface area contributed by atoms with E-state index in [4.69, 9.17) is 22.8 Å². The molecule has 2 aromatic rings. The number of amides is 3. The number of rotatable bonds is 9. The van der Waals surface area contributed by atoms with E-state index in [0.717, 1.165) is 12.0 Å². The molecule has 7 nitrogen and oxygen atoms in total. The maximum Gasteiger partial charge on any atom is 0.408 e. The van der Waals surface area contributed by atoms with Crippen molar-refractivity contribution in [1.82, 2.24) is 10.2 Å². The summed E-state index contributed by atoms with van der Waals surface area (Å²) in [5.41, 5.74) is 1.55. The summed E-state index contributed by atoms with van der Waals surface area (Å²) >= 11 is 6.45. The second-order valence-corrected chi connectivity index (χ2v) is 12.3. The highest BCUT2D eigenvalue weighted by atomic mass is 35.5. The van der Waals surface area contributed by atoms with Gasteiger partial charge in [-0.05, 0) is 75.6 Å². The second-order valence-electron chi connectivity index (χ2n) is 11.9. The predicted octanol–water partition coefficient (Wildman–Crippen LogP) is 6.49. The van der Waals surface area contributed by atoms with Crippen molar-refractivity contribution in [3.8, 4) is 12.3 Å². The van der Waals surface area contributed by atoms with Crippen LogP contribution in [0.1, 0.15) is 77.1 Å². The zero-order chi connectivity index (χ0) is 29.8. The lowest BCUT2D eigenvalue weighted by molar-refractivity contribution is -0.142. The van der Waals surface area contributed by atoms with Gasteiger partial charge >= 0.3 is 6.09 Å². The van der Waals surface area contributed by atoms with Crippen LogP contribution >= 0.6 is 11.6 Å². The van der Waals surface area contributed by atoms with Crippen LogP contribution in [-0.4, -0.2) is 40.5 Å². The number of anilines is 1. The highest BCUT2D eigenvalue weighted by Gasteiger charge is 2.48. The number of hydrogen-bond acceptors (Lipinski definition) is 4. The van der Waals surface area contributed by atoms with E-state index in [1.54, 1.807) is 62.1 Å². The summed E-state index contributed by atoms with van der Waals surface area (Å²) in [5.74, 6) is 2.11. The molecule has 3 rings (SSSR count). The third-order valence-corrected chi connectivity index (χ3v) is 7.10. The Morgan fingerprint density at radius 3 is 2.35 bits per heavy atom.